The lowest BCUT2D eigenvalue weighted by Crippen LogP contribution is -2.33. The van der Waals surface area contributed by atoms with Crippen LogP contribution >= 0.6 is 11.3 Å². The number of aryl methyl sites for hydroxylation is 1. The Morgan fingerprint density at radius 1 is 1.45 bits per heavy atom. The molecule has 2 fully saturated rings. The summed E-state index contributed by atoms with van der Waals surface area (Å²) >= 11 is 1.69. The molecule has 5 nitrogen and oxygen atoms in total. The van der Waals surface area contributed by atoms with Gasteiger partial charge in [0, 0.05) is 24.7 Å². The third-order valence-electron chi connectivity index (χ3n) is 4.99. The number of aromatic nitrogens is 3. The molecule has 2 atom stereocenters. The van der Waals surface area contributed by atoms with Gasteiger partial charge in [0.05, 0.1) is 12.8 Å². The second kappa shape index (κ2) is 5.50. The molecule has 4 rings (SSSR count). The number of ether oxygens (including phenoxy) is 1. The molecule has 1 saturated carbocycles. The van der Waals surface area contributed by atoms with Crippen LogP contribution in [-0.4, -0.2) is 34.9 Å². The minimum absolute atomic E-state index is 0.259. The van der Waals surface area contributed by atoms with Crippen molar-refractivity contribution in [3.05, 3.63) is 29.5 Å². The molecule has 0 unspecified atom stereocenters. The monoisotopic (exact) mass is 316 g/mol. The van der Waals surface area contributed by atoms with Gasteiger partial charge in [-0.3, -0.25) is 4.98 Å². The van der Waals surface area contributed by atoms with Crippen molar-refractivity contribution in [3.63, 3.8) is 0 Å². The lowest BCUT2D eigenvalue weighted by Gasteiger charge is -2.28. The summed E-state index contributed by atoms with van der Waals surface area (Å²) in [4.78, 5) is 6.53. The number of rotatable bonds is 4. The zero-order valence-electron chi connectivity index (χ0n) is 12.7. The van der Waals surface area contributed by atoms with Gasteiger partial charge in [0.15, 0.2) is 0 Å². The standard InChI is InChI=1S/C16H20N4OS/c1-12-18-19-15(22-12)20-9-13-4-2-6-16(13,10-20)11-21-14-5-3-7-17-8-14/h3,5,7-8,13H,2,4,6,9-11H2,1H3/t13-,16+/m1/s1. The summed E-state index contributed by atoms with van der Waals surface area (Å²) in [5.74, 6) is 1.57. The summed E-state index contributed by atoms with van der Waals surface area (Å²) in [6.45, 7) is 4.91. The smallest absolute Gasteiger partial charge is 0.208 e. The Hall–Kier alpha value is -1.69. The normalized spacial score (nSPS) is 27.1. The van der Waals surface area contributed by atoms with E-state index >= 15 is 0 Å². The molecule has 0 N–H and O–H groups in total. The lowest BCUT2D eigenvalue weighted by molar-refractivity contribution is 0.138. The largest absolute Gasteiger partial charge is 0.491 e. The molecule has 0 bridgehead atoms. The summed E-state index contributed by atoms with van der Waals surface area (Å²) in [5, 5.41) is 10.6. The molecular weight excluding hydrogens is 296 g/mol. The van der Waals surface area contributed by atoms with Crippen molar-refractivity contribution in [2.24, 2.45) is 11.3 Å². The van der Waals surface area contributed by atoms with Gasteiger partial charge in [-0.25, -0.2) is 0 Å². The average Bonchev–Trinajstić information content (AvgIpc) is 3.19. The van der Waals surface area contributed by atoms with E-state index in [4.69, 9.17) is 4.74 Å². The van der Waals surface area contributed by atoms with Crippen LogP contribution in [0, 0.1) is 18.3 Å². The van der Waals surface area contributed by atoms with E-state index in [1.165, 1.54) is 19.3 Å². The van der Waals surface area contributed by atoms with E-state index in [-0.39, 0.29) is 5.41 Å². The van der Waals surface area contributed by atoms with E-state index in [9.17, 15) is 0 Å². The van der Waals surface area contributed by atoms with Crippen LogP contribution in [0.2, 0.25) is 0 Å². The zero-order valence-corrected chi connectivity index (χ0v) is 13.6. The summed E-state index contributed by atoms with van der Waals surface area (Å²) in [6, 6.07) is 3.90. The molecule has 0 spiro atoms. The Balaban J connectivity index is 1.49. The summed E-state index contributed by atoms with van der Waals surface area (Å²) < 4.78 is 6.06. The second-order valence-electron chi connectivity index (χ2n) is 6.41. The van der Waals surface area contributed by atoms with Crippen molar-refractivity contribution >= 4 is 16.5 Å². The quantitative estimate of drug-likeness (QED) is 0.868. The van der Waals surface area contributed by atoms with Crippen LogP contribution in [0.15, 0.2) is 24.5 Å². The highest BCUT2D eigenvalue weighted by Gasteiger charge is 2.50. The van der Waals surface area contributed by atoms with Crippen LogP contribution in [0.25, 0.3) is 0 Å². The van der Waals surface area contributed by atoms with E-state index in [1.54, 1.807) is 23.7 Å². The number of fused-ring (bicyclic) bond motifs is 1. The van der Waals surface area contributed by atoms with Crippen LogP contribution in [-0.2, 0) is 0 Å². The molecule has 2 aromatic heterocycles. The fourth-order valence-electron chi connectivity index (χ4n) is 3.87. The van der Waals surface area contributed by atoms with E-state index in [2.05, 4.69) is 20.1 Å². The van der Waals surface area contributed by atoms with Crippen molar-refractivity contribution in [1.29, 1.82) is 0 Å². The van der Waals surface area contributed by atoms with Crippen LogP contribution in [0.4, 0.5) is 5.13 Å². The third-order valence-corrected chi connectivity index (χ3v) is 5.89. The SMILES string of the molecule is Cc1nnc(N2C[C@H]3CCC[C@@]3(COc3cccnc3)C2)s1. The molecule has 0 radical (unpaired) electrons. The summed E-state index contributed by atoms with van der Waals surface area (Å²) in [7, 11) is 0. The van der Waals surface area contributed by atoms with Gasteiger partial charge in [-0.15, -0.1) is 10.2 Å². The third kappa shape index (κ3) is 2.45. The minimum Gasteiger partial charge on any atom is -0.491 e. The maximum atomic E-state index is 6.06. The number of nitrogens with zero attached hydrogens (tertiary/aromatic N) is 4. The van der Waals surface area contributed by atoms with Crippen LogP contribution in [0.3, 0.4) is 0 Å². The van der Waals surface area contributed by atoms with Crippen LogP contribution in [0.5, 0.6) is 5.75 Å². The molecule has 116 valence electrons. The molecule has 1 saturated heterocycles. The number of pyridine rings is 1. The topological polar surface area (TPSA) is 51.1 Å². The molecular formula is C16H20N4OS. The highest BCUT2D eigenvalue weighted by atomic mass is 32.1. The first-order chi connectivity index (χ1) is 10.8. The maximum Gasteiger partial charge on any atom is 0.208 e. The number of hydrogen-bond acceptors (Lipinski definition) is 6. The predicted octanol–water partition coefficient (Wildman–Crippen LogP) is 2.93. The molecule has 1 aliphatic carbocycles. The first kappa shape index (κ1) is 13.9. The molecule has 2 aromatic rings. The molecule has 2 aliphatic rings. The molecule has 22 heavy (non-hydrogen) atoms. The Morgan fingerprint density at radius 2 is 2.41 bits per heavy atom. The van der Waals surface area contributed by atoms with Crippen molar-refractivity contribution in [1.82, 2.24) is 15.2 Å². The van der Waals surface area contributed by atoms with E-state index in [0.717, 1.165) is 35.6 Å². The Morgan fingerprint density at radius 3 is 3.18 bits per heavy atom. The molecule has 0 amide bonds. The van der Waals surface area contributed by atoms with Gasteiger partial charge in [0.1, 0.15) is 10.8 Å². The minimum atomic E-state index is 0.259. The highest BCUT2D eigenvalue weighted by Crippen LogP contribution is 2.50. The molecule has 3 heterocycles. The summed E-state index contributed by atoms with van der Waals surface area (Å²) in [6.07, 6.45) is 7.42. The maximum absolute atomic E-state index is 6.06. The second-order valence-corrected chi connectivity index (χ2v) is 7.57. The van der Waals surface area contributed by atoms with Gasteiger partial charge >= 0.3 is 0 Å². The average molecular weight is 316 g/mol. The van der Waals surface area contributed by atoms with Crippen molar-refractivity contribution in [3.8, 4) is 5.75 Å². The first-order valence-electron chi connectivity index (χ1n) is 7.83. The summed E-state index contributed by atoms with van der Waals surface area (Å²) in [5.41, 5.74) is 0.259. The molecule has 6 heteroatoms. The van der Waals surface area contributed by atoms with Gasteiger partial charge < -0.3 is 9.64 Å². The van der Waals surface area contributed by atoms with Gasteiger partial charge in [0.2, 0.25) is 5.13 Å². The van der Waals surface area contributed by atoms with E-state index in [0.29, 0.717) is 5.92 Å². The van der Waals surface area contributed by atoms with Gasteiger partial charge in [-0.05, 0) is 37.8 Å². The number of anilines is 1. The number of hydrogen-bond donors (Lipinski definition) is 0. The lowest BCUT2D eigenvalue weighted by atomic mass is 9.81. The van der Waals surface area contributed by atoms with Gasteiger partial charge in [-0.2, -0.15) is 0 Å². The van der Waals surface area contributed by atoms with Crippen molar-refractivity contribution in [2.75, 3.05) is 24.6 Å². The fraction of sp³-hybridized carbons (Fsp3) is 0.562. The first-order valence-corrected chi connectivity index (χ1v) is 8.65. The zero-order chi connectivity index (χ0) is 15.0. The Labute approximate surface area is 134 Å². The molecule has 0 aromatic carbocycles. The van der Waals surface area contributed by atoms with Gasteiger partial charge in [0.25, 0.3) is 0 Å². The van der Waals surface area contributed by atoms with Crippen molar-refractivity contribution in [2.45, 2.75) is 26.2 Å². The van der Waals surface area contributed by atoms with Crippen LogP contribution < -0.4 is 9.64 Å². The predicted molar refractivity (Wildman–Crippen MR) is 86.4 cm³/mol. The Kier molecular flexibility index (Phi) is 3.48. The highest BCUT2D eigenvalue weighted by molar-refractivity contribution is 7.15. The van der Waals surface area contributed by atoms with E-state index in [1.807, 2.05) is 19.1 Å². The van der Waals surface area contributed by atoms with E-state index < -0.39 is 0 Å². The van der Waals surface area contributed by atoms with Crippen LogP contribution in [0.1, 0.15) is 24.3 Å². The Bertz CT molecular complexity index is 647. The van der Waals surface area contributed by atoms with Gasteiger partial charge in [-0.1, -0.05) is 17.8 Å². The van der Waals surface area contributed by atoms with Crippen molar-refractivity contribution < 1.29 is 4.74 Å². The fourth-order valence-corrected chi connectivity index (χ4v) is 4.57. The molecule has 1 aliphatic heterocycles.